The summed E-state index contributed by atoms with van der Waals surface area (Å²) in [7, 11) is 0. The van der Waals surface area contributed by atoms with Gasteiger partial charge in [0.2, 0.25) is 0 Å². The molecule has 1 aromatic heterocycles. The fraction of sp³-hybridized carbons (Fsp3) is 0.231. The fourth-order valence-electron chi connectivity index (χ4n) is 1.78. The van der Waals surface area contributed by atoms with Gasteiger partial charge in [-0.25, -0.2) is 4.98 Å². The van der Waals surface area contributed by atoms with E-state index in [1.165, 1.54) is 0 Å². The lowest BCUT2D eigenvalue weighted by atomic mass is 10.1. The first-order valence-electron chi connectivity index (χ1n) is 5.41. The Bertz CT molecular complexity index is 566. The molecule has 0 N–H and O–H groups in total. The second kappa shape index (κ2) is 5.03. The maximum absolute atomic E-state index is 9.17. The van der Waals surface area contributed by atoms with E-state index >= 15 is 0 Å². The van der Waals surface area contributed by atoms with Crippen LogP contribution in [-0.2, 0) is 12.3 Å². The number of alkyl halides is 1. The van der Waals surface area contributed by atoms with Crippen molar-refractivity contribution in [2.45, 2.75) is 19.2 Å². The van der Waals surface area contributed by atoms with Gasteiger partial charge in [-0.1, -0.05) is 13.0 Å². The highest BCUT2D eigenvalue weighted by molar-refractivity contribution is 6.17. The van der Waals surface area contributed by atoms with E-state index in [1.807, 2.05) is 35.9 Å². The van der Waals surface area contributed by atoms with Gasteiger partial charge in [0, 0.05) is 24.7 Å². The zero-order valence-corrected chi connectivity index (χ0v) is 10.3. The van der Waals surface area contributed by atoms with Gasteiger partial charge in [0.25, 0.3) is 0 Å². The molecule has 0 unspecified atom stereocenters. The highest BCUT2D eigenvalue weighted by atomic mass is 35.5. The predicted octanol–water partition coefficient (Wildman–Crippen LogP) is 3.05. The Morgan fingerprint density at radius 2 is 2.29 bits per heavy atom. The Hall–Kier alpha value is -1.79. The summed E-state index contributed by atoms with van der Waals surface area (Å²) in [6, 6.07) is 7.87. The summed E-state index contributed by atoms with van der Waals surface area (Å²) in [6.45, 7) is 2.04. The summed E-state index contributed by atoms with van der Waals surface area (Å²) >= 11 is 5.76. The number of halogens is 1. The SMILES string of the molecule is CCc1nccn1-c1ccc(CCl)cc1C#N. The molecular weight excluding hydrogens is 234 g/mol. The lowest BCUT2D eigenvalue weighted by Crippen LogP contribution is -2.02. The third-order valence-corrected chi connectivity index (χ3v) is 2.94. The van der Waals surface area contributed by atoms with Crippen LogP contribution in [0.4, 0.5) is 0 Å². The van der Waals surface area contributed by atoms with Crippen molar-refractivity contribution in [2.24, 2.45) is 0 Å². The molecule has 2 rings (SSSR count). The van der Waals surface area contributed by atoms with Gasteiger partial charge in [-0.15, -0.1) is 11.6 Å². The monoisotopic (exact) mass is 245 g/mol. The number of benzene rings is 1. The first-order chi connectivity index (χ1) is 8.30. The molecule has 0 amide bonds. The third-order valence-electron chi connectivity index (χ3n) is 2.63. The Morgan fingerprint density at radius 1 is 1.47 bits per heavy atom. The second-order valence-corrected chi connectivity index (χ2v) is 3.93. The quantitative estimate of drug-likeness (QED) is 0.780. The van der Waals surface area contributed by atoms with E-state index in [0.717, 1.165) is 23.5 Å². The van der Waals surface area contributed by atoms with Gasteiger partial charge in [-0.05, 0) is 17.7 Å². The van der Waals surface area contributed by atoms with E-state index < -0.39 is 0 Å². The average molecular weight is 246 g/mol. The highest BCUT2D eigenvalue weighted by Gasteiger charge is 2.08. The summed E-state index contributed by atoms with van der Waals surface area (Å²) in [5.74, 6) is 1.36. The molecule has 2 aromatic rings. The Morgan fingerprint density at radius 3 is 2.94 bits per heavy atom. The Labute approximate surface area is 105 Å². The molecule has 4 heteroatoms. The van der Waals surface area contributed by atoms with Gasteiger partial charge in [0.05, 0.1) is 11.3 Å². The number of hydrogen-bond donors (Lipinski definition) is 0. The first-order valence-corrected chi connectivity index (χ1v) is 5.95. The van der Waals surface area contributed by atoms with Crippen LogP contribution < -0.4 is 0 Å². The topological polar surface area (TPSA) is 41.6 Å². The van der Waals surface area contributed by atoms with Crippen molar-refractivity contribution in [3.05, 3.63) is 47.5 Å². The third kappa shape index (κ3) is 2.17. The molecule has 3 nitrogen and oxygen atoms in total. The molecule has 0 aliphatic carbocycles. The van der Waals surface area contributed by atoms with Crippen molar-refractivity contribution in [3.8, 4) is 11.8 Å². The van der Waals surface area contributed by atoms with Crippen LogP contribution in [0.2, 0.25) is 0 Å². The van der Waals surface area contributed by atoms with E-state index in [0.29, 0.717) is 11.4 Å². The van der Waals surface area contributed by atoms with Crippen molar-refractivity contribution in [1.82, 2.24) is 9.55 Å². The molecule has 0 aliphatic rings. The Kier molecular flexibility index (Phi) is 3.46. The minimum atomic E-state index is 0.416. The van der Waals surface area contributed by atoms with Crippen LogP contribution in [-0.4, -0.2) is 9.55 Å². The molecule has 1 aromatic carbocycles. The standard InChI is InChI=1S/C13H12ClN3/c1-2-13-16-5-6-17(13)12-4-3-10(8-14)7-11(12)9-15/h3-7H,2,8H2,1H3. The van der Waals surface area contributed by atoms with Crippen molar-refractivity contribution < 1.29 is 0 Å². The first kappa shape index (κ1) is 11.7. The van der Waals surface area contributed by atoms with Crippen molar-refractivity contribution in [2.75, 3.05) is 0 Å². The van der Waals surface area contributed by atoms with Crippen molar-refractivity contribution in [1.29, 1.82) is 5.26 Å². The molecule has 86 valence electrons. The summed E-state index contributed by atoms with van der Waals surface area (Å²) in [5.41, 5.74) is 2.43. The molecule has 0 saturated carbocycles. The summed E-state index contributed by atoms with van der Waals surface area (Å²) in [5, 5.41) is 9.17. The van der Waals surface area contributed by atoms with E-state index in [9.17, 15) is 5.26 Å². The minimum Gasteiger partial charge on any atom is -0.302 e. The zero-order valence-electron chi connectivity index (χ0n) is 9.52. The number of imidazole rings is 1. The van der Waals surface area contributed by atoms with Crippen LogP contribution in [0.5, 0.6) is 0 Å². The molecule has 0 fully saturated rings. The van der Waals surface area contributed by atoms with Crippen LogP contribution in [0.25, 0.3) is 5.69 Å². The zero-order chi connectivity index (χ0) is 12.3. The Balaban J connectivity index is 2.56. The van der Waals surface area contributed by atoms with Gasteiger partial charge in [-0.3, -0.25) is 0 Å². The number of hydrogen-bond acceptors (Lipinski definition) is 2. The van der Waals surface area contributed by atoms with Crippen LogP contribution in [0.1, 0.15) is 23.9 Å². The van der Waals surface area contributed by atoms with E-state index in [-0.39, 0.29) is 0 Å². The summed E-state index contributed by atoms with van der Waals surface area (Å²) < 4.78 is 1.94. The van der Waals surface area contributed by atoms with Gasteiger partial charge < -0.3 is 4.57 Å². The average Bonchev–Trinajstić information content (AvgIpc) is 2.85. The molecular formula is C13H12ClN3. The number of aryl methyl sites for hydroxylation is 1. The van der Waals surface area contributed by atoms with E-state index in [1.54, 1.807) is 6.20 Å². The van der Waals surface area contributed by atoms with Crippen LogP contribution in [0, 0.1) is 11.3 Å². The van der Waals surface area contributed by atoms with Crippen LogP contribution in [0.3, 0.4) is 0 Å². The maximum atomic E-state index is 9.17. The van der Waals surface area contributed by atoms with Crippen molar-refractivity contribution in [3.63, 3.8) is 0 Å². The van der Waals surface area contributed by atoms with Crippen LogP contribution >= 0.6 is 11.6 Å². The second-order valence-electron chi connectivity index (χ2n) is 3.66. The minimum absolute atomic E-state index is 0.416. The fourth-order valence-corrected chi connectivity index (χ4v) is 1.95. The smallest absolute Gasteiger partial charge is 0.112 e. The highest BCUT2D eigenvalue weighted by Crippen LogP contribution is 2.19. The summed E-state index contributed by atoms with van der Waals surface area (Å²) in [6.07, 6.45) is 4.44. The van der Waals surface area contributed by atoms with E-state index in [2.05, 4.69) is 11.1 Å². The normalized spacial score (nSPS) is 10.2. The molecule has 1 heterocycles. The molecule has 17 heavy (non-hydrogen) atoms. The molecule has 0 aliphatic heterocycles. The van der Waals surface area contributed by atoms with Crippen molar-refractivity contribution >= 4 is 11.6 Å². The van der Waals surface area contributed by atoms with Gasteiger partial charge in [0.15, 0.2) is 0 Å². The summed E-state index contributed by atoms with van der Waals surface area (Å²) in [4.78, 5) is 4.26. The lowest BCUT2D eigenvalue weighted by molar-refractivity contribution is 0.888. The molecule has 0 saturated heterocycles. The van der Waals surface area contributed by atoms with Crippen LogP contribution in [0.15, 0.2) is 30.6 Å². The van der Waals surface area contributed by atoms with Gasteiger partial charge in [0.1, 0.15) is 11.9 Å². The molecule has 0 bridgehead atoms. The number of nitrogens with zero attached hydrogens (tertiary/aromatic N) is 3. The van der Waals surface area contributed by atoms with E-state index in [4.69, 9.17) is 11.6 Å². The number of nitriles is 1. The number of rotatable bonds is 3. The molecule has 0 radical (unpaired) electrons. The lowest BCUT2D eigenvalue weighted by Gasteiger charge is -2.09. The van der Waals surface area contributed by atoms with Gasteiger partial charge in [-0.2, -0.15) is 5.26 Å². The largest absolute Gasteiger partial charge is 0.302 e. The number of aromatic nitrogens is 2. The van der Waals surface area contributed by atoms with Gasteiger partial charge >= 0.3 is 0 Å². The molecule has 0 spiro atoms. The maximum Gasteiger partial charge on any atom is 0.112 e. The predicted molar refractivity (Wildman–Crippen MR) is 67.2 cm³/mol. The molecule has 0 atom stereocenters.